The van der Waals surface area contributed by atoms with Gasteiger partial charge in [-0.2, -0.15) is 0 Å². The molecule has 0 aliphatic heterocycles. The number of aromatic nitrogens is 2. The van der Waals surface area contributed by atoms with Crippen molar-refractivity contribution < 1.29 is 4.42 Å². The van der Waals surface area contributed by atoms with Crippen LogP contribution in [0.3, 0.4) is 0 Å². The lowest BCUT2D eigenvalue weighted by Gasteiger charge is -1.97. The van der Waals surface area contributed by atoms with Gasteiger partial charge in [-0.3, -0.25) is 0 Å². The smallest absolute Gasteiger partial charge is 0.247 e. The van der Waals surface area contributed by atoms with Crippen molar-refractivity contribution in [2.45, 2.75) is 6.42 Å². The van der Waals surface area contributed by atoms with Crippen molar-refractivity contribution in [3.8, 4) is 11.5 Å². The third-order valence-electron chi connectivity index (χ3n) is 2.80. The number of nitrogens with two attached hydrogens (primary N) is 1. The summed E-state index contributed by atoms with van der Waals surface area (Å²) >= 11 is 0. The van der Waals surface area contributed by atoms with Crippen molar-refractivity contribution in [3.05, 3.63) is 66.1 Å². The van der Waals surface area contributed by atoms with Gasteiger partial charge in [-0.1, -0.05) is 36.4 Å². The van der Waals surface area contributed by atoms with Crippen LogP contribution >= 0.6 is 0 Å². The maximum Gasteiger partial charge on any atom is 0.247 e. The lowest BCUT2D eigenvalue weighted by Crippen LogP contribution is -1.87. The molecule has 0 radical (unpaired) electrons. The molecule has 2 aromatic carbocycles. The van der Waals surface area contributed by atoms with Crippen LogP contribution in [0.5, 0.6) is 0 Å². The molecule has 0 saturated carbocycles. The molecule has 0 spiro atoms. The molecule has 0 fully saturated rings. The summed E-state index contributed by atoms with van der Waals surface area (Å²) < 4.78 is 5.65. The summed E-state index contributed by atoms with van der Waals surface area (Å²) in [5, 5.41) is 8.11. The van der Waals surface area contributed by atoms with Crippen LogP contribution in [0.15, 0.2) is 59.0 Å². The molecule has 0 bridgehead atoms. The fraction of sp³-hybridized carbons (Fsp3) is 0.0667. The predicted octanol–water partition coefficient (Wildman–Crippen LogP) is 2.91. The molecule has 19 heavy (non-hydrogen) atoms. The number of nitrogen functional groups attached to an aromatic ring is 1. The first kappa shape index (κ1) is 11.5. The van der Waals surface area contributed by atoms with Crippen molar-refractivity contribution >= 4 is 5.69 Å². The SMILES string of the molecule is Nc1cccc(-c2nnc(Cc3ccccc3)o2)c1. The minimum absolute atomic E-state index is 0.498. The largest absolute Gasteiger partial charge is 0.420 e. The third-order valence-corrected chi connectivity index (χ3v) is 2.80. The van der Waals surface area contributed by atoms with Crippen molar-refractivity contribution in [2.75, 3.05) is 5.73 Å². The molecule has 0 atom stereocenters. The lowest BCUT2D eigenvalue weighted by atomic mass is 10.1. The maximum atomic E-state index is 5.74. The van der Waals surface area contributed by atoms with Gasteiger partial charge in [0.1, 0.15) is 0 Å². The molecule has 4 nitrogen and oxygen atoms in total. The van der Waals surface area contributed by atoms with Gasteiger partial charge in [0.05, 0.1) is 6.42 Å². The van der Waals surface area contributed by atoms with E-state index in [1.807, 2.05) is 54.6 Å². The number of rotatable bonds is 3. The minimum atomic E-state index is 0.498. The second-order valence-electron chi connectivity index (χ2n) is 4.29. The Morgan fingerprint density at radius 1 is 0.947 bits per heavy atom. The molecule has 0 unspecified atom stereocenters. The normalized spacial score (nSPS) is 10.5. The van der Waals surface area contributed by atoms with Gasteiger partial charge in [-0.15, -0.1) is 10.2 Å². The number of hydrogen-bond donors (Lipinski definition) is 1. The first-order chi connectivity index (χ1) is 9.31. The molecule has 1 heterocycles. The van der Waals surface area contributed by atoms with Crippen LogP contribution in [0.25, 0.3) is 11.5 Å². The fourth-order valence-corrected chi connectivity index (χ4v) is 1.88. The highest BCUT2D eigenvalue weighted by molar-refractivity contribution is 5.59. The minimum Gasteiger partial charge on any atom is -0.420 e. The van der Waals surface area contributed by atoms with Crippen molar-refractivity contribution in [2.24, 2.45) is 0 Å². The maximum absolute atomic E-state index is 5.74. The Hall–Kier alpha value is -2.62. The van der Waals surface area contributed by atoms with E-state index in [1.54, 1.807) is 0 Å². The van der Waals surface area contributed by atoms with E-state index in [9.17, 15) is 0 Å². The Bertz CT molecular complexity index is 677. The summed E-state index contributed by atoms with van der Waals surface area (Å²) in [6, 6.07) is 17.4. The molecular weight excluding hydrogens is 238 g/mol. The van der Waals surface area contributed by atoms with Crippen LogP contribution in [0.2, 0.25) is 0 Å². The summed E-state index contributed by atoms with van der Waals surface area (Å²) in [6.07, 6.45) is 0.635. The van der Waals surface area contributed by atoms with Gasteiger partial charge >= 0.3 is 0 Å². The molecule has 0 aliphatic carbocycles. The van der Waals surface area contributed by atoms with Gasteiger partial charge in [-0.25, -0.2) is 0 Å². The standard InChI is InChI=1S/C15H13N3O/c16-13-8-4-7-12(10-13)15-18-17-14(19-15)9-11-5-2-1-3-6-11/h1-8,10H,9,16H2. The van der Waals surface area contributed by atoms with Crippen LogP contribution < -0.4 is 5.73 Å². The van der Waals surface area contributed by atoms with Gasteiger partial charge in [-0.05, 0) is 23.8 Å². The number of hydrogen-bond acceptors (Lipinski definition) is 4. The van der Waals surface area contributed by atoms with Crippen LogP contribution in [0.4, 0.5) is 5.69 Å². The van der Waals surface area contributed by atoms with Crippen molar-refractivity contribution in [1.29, 1.82) is 0 Å². The van der Waals surface area contributed by atoms with E-state index < -0.39 is 0 Å². The van der Waals surface area contributed by atoms with Crippen LogP contribution in [0, 0.1) is 0 Å². The van der Waals surface area contributed by atoms with E-state index in [0.717, 1.165) is 11.1 Å². The quantitative estimate of drug-likeness (QED) is 0.727. The molecule has 0 amide bonds. The first-order valence-corrected chi connectivity index (χ1v) is 6.03. The second kappa shape index (κ2) is 4.94. The van der Waals surface area contributed by atoms with Crippen LogP contribution in [0.1, 0.15) is 11.5 Å². The lowest BCUT2D eigenvalue weighted by molar-refractivity contribution is 0.518. The molecule has 4 heteroatoms. The molecule has 2 N–H and O–H groups in total. The Balaban J connectivity index is 1.84. The summed E-state index contributed by atoms with van der Waals surface area (Å²) in [4.78, 5) is 0. The highest BCUT2D eigenvalue weighted by atomic mass is 16.4. The zero-order valence-electron chi connectivity index (χ0n) is 10.3. The Morgan fingerprint density at radius 2 is 1.79 bits per heavy atom. The molecule has 3 aromatic rings. The molecule has 0 saturated heterocycles. The fourth-order valence-electron chi connectivity index (χ4n) is 1.88. The van der Waals surface area contributed by atoms with E-state index in [1.165, 1.54) is 0 Å². The zero-order valence-corrected chi connectivity index (χ0v) is 10.3. The van der Waals surface area contributed by atoms with Gasteiger partial charge in [0.2, 0.25) is 11.8 Å². The second-order valence-corrected chi connectivity index (χ2v) is 4.29. The van der Waals surface area contributed by atoms with E-state index >= 15 is 0 Å². The summed E-state index contributed by atoms with van der Waals surface area (Å²) in [7, 11) is 0. The Kier molecular flexibility index (Phi) is 2.98. The molecule has 1 aromatic heterocycles. The highest BCUT2D eigenvalue weighted by Gasteiger charge is 2.09. The van der Waals surface area contributed by atoms with E-state index in [4.69, 9.17) is 10.2 Å². The average Bonchev–Trinajstić information content (AvgIpc) is 2.88. The molecule has 3 rings (SSSR count). The molecule has 0 aliphatic rings. The number of benzene rings is 2. The molecular formula is C15H13N3O. The van der Waals surface area contributed by atoms with Crippen molar-refractivity contribution in [1.82, 2.24) is 10.2 Å². The van der Waals surface area contributed by atoms with Crippen molar-refractivity contribution in [3.63, 3.8) is 0 Å². The Morgan fingerprint density at radius 3 is 2.58 bits per heavy atom. The van der Waals surface area contributed by atoms with Gasteiger partial charge in [0.15, 0.2) is 0 Å². The van der Waals surface area contributed by atoms with E-state index in [0.29, 0.717) is 23.9 Å². The van der Waals surface area contributed by atoms with Gasteiger partial charge < -0.3 is 10.2 Å². The van der Waals surface area contributed by atoms with Gasteiger partial charge in [0, 0.05) is 11.3 Å². The highest BCUT2D eigenvalue weighted by Crippen LogP contribution is 2.20. The van der Waals surface area contributed by atoms with E-state index in [-0.39, 0.29) is 0 Å². The number of anilines is 1. The number of nitrogens with zero attached hydrogens (tertiary/aromatic N) is 2. The van der Waals surface area contributed by atoms with Crippen LogP contribution in [-0.2, 0) is 6.42 Å². The first-order valence-electron chi connectivity index (χ1n) is 6.03. The predicted molar refractivity (Wildman–Crippen MR) is 73.4 cm³/mol. The summed E-state index contributed by atoms with van der Waals surface area (Å²) in [6.45, 7) is 0. The summed E-state index contributed by atoms with van der Waals surface area (Å²) in [5.74, 6) is 1.10. The van der Waals surface area contributed by atoms with Gasteiger partial charge in [0.25, 0.3) is 0 Å². The Labute approximate surface area is 110 Å². The zero-order chi connectivity index (χ0) is 13.1. The third kappa shape index (κ3) is 2.63. The van der Waals surface area contributed by atoms with Crippen LogP contribution in [-0.4, -0.2) is 10.2 Å². The average molecular weight is 251 g/mol. The summed E-state index contributed by atoms with van der Waals surface area (Å²) in [5.41, 5.74) is 8.40. The molecule has 94 valence electrons. The monoisotopic (exact) mass is 251 g/mol. The van der Waals surface area contributed by atoms with E-state index in [2.05, 4.69) is 10.2 Å². The topological polar surface area (TPSA) is 64.9 Å².